The monoisotopic (exact) mass is 461 g/mol. The summed E-state index contributed by atoms with van der Waals surface area (Å²) in [6.45, 7) is 3.95. The second kappa shape index (κ2) is 10.1. The number of esters is 1. The Morgan fingerprint density at radius 3 is 2.42 bits per heavy atom. The number of ether oxygens (including phenoxy) is 1. The van der Waals surface area contributed by atoms with E-state index in [0.717, 1.165) is 22.0 Å². The van der Waals surface area contributed by atoms with E-state index in [1.54, 1.807) is 0 Å². The maximum atomic E-state index is 13.0. The van der Waals surface area contributed by atoms with E-state index in [-0.39, 0.29) is 18.4 Å². The fraction of sp³-hybridized carbons (Fsp3) is 0.269. The topological polar surface area (TPSA) is 71.0 Å². The third kappa shape index (κ3) is 4.73. The number of amides is 1. The maximum Gasteiger partial charge on any atom is 0.338 e. The molecule has 0 spiro atoms. The predicted molar refractivity (Wildman–Crippen MR) is 131 cm³/mol. The molecule has 0 bridgehead atoms. The Bertz CT molecular complexity index is 1130. The van der Waals surface area contributed by atoms with E-state index in [4.69, 9.17) is 9.73 Å². The number of nitrogens with zero attached hydrogens (tertiary/aromatic N) is 2. The molecule has 1 amide bonds. The van der Waals surface area contributed by atoms with Gasteiger partial charge in [0, 0.05) is 5.70 Å². The fourth-order valence-electron chi connectivity index (χ4n) is 4.15. The minimum absolute atomic E-state index is 0.0869. The second-order valence-electron chi connectivity index (χ2n) is 7.89. The Morgan fingerprint density at radius 1 is 1.12 bits per heavy atom. The molecule has 1 N–H and O–H groups in total. The Kier molecular flexibility index (Phi) is 6.99. The van der Waals surface area contributed by atoms with E-state index in [1.807, 2.05) is 84.8 Å². The number of amidine groups is 1. The summed E-state index contributed by atoms with van der Waals surface area (Å²) in [6, 6.07) is 19.2. The molecule has 0 saturated carbocycles. The number of benzene rings is 2. The zero-order valence-electron chi connectivity index (χ0n) is 18.9. The smallest absolute Gasteiger partial charge is 0.338 e. The van der Waals surface area contributed by atoms with Gasteiger partial charge in [-0.15, -0.1) is 0 Å². The van der Waals surface area contributed by atoms with Gasteiger partial charge in [0.15, 0.2) is 5.17 Å². The number of aliphatic imine (C=N–C) groups is 1. The van der Waals surface area contributed by atoms with Crippen LogP contribution < -0.4 is 5.32 Å². The maximum absolute atomic E-state index is 13.0. The van der Waals surface area contributed by atoms with Crippen molar-refractivity contribution in [3.63, 3.8) is 0 Å². The van der Waals surface area contributed by atoms with Gasteiger partial charge in [-0.05, 0) is 29.9 Å². The van der Waals surface area contributed by atoms with Crippen LogP contribution in [0.1, 0.15) is 49.9 Å². The van der Waals surface area contributed by atoms with E-state index in [9.17, 15) is 9.59 Å². The molecule has 2 aromatic rings. The first-order valence-electron chi connectivity index (χ1n) is 11.0. The molecule has 0 radical (unpaired) electrons. The molecular formula is C26H27N3O3S. The van der Waals surface area contributed by atoms with Gasteiger partial charge < -0.3 is 15.0 Å². The van der Waals surface area contributed by atoms with Gasteiger partial charge in [0.1, 0.15) is 0 Å². The van der Waals surface area contributed by atoms with Gasteiger partial charge in [0.2, 0.25) is 5.91 Å². The second-order valence-corrected chi connectivity index (χ2v) is 8.72. The van der Waals surface area contributed by atoms with Crippen molar-refractivity contribution in [2.24, 2.45) is 4.99 Å². The SMILES string of the molecule is CCC1=C(C(=O)OC)C(c2ccccc2)N2C(CC(=O)NC(C)c3ccccc3)=CSC2=N1. The number of hydrogen-bond donors (Lipinski definition) is 1. The number of nitrogens with one attached hydrogen (secondary N) is 1. The zero-order chi connectivity index (χ0) is 23.4. The largest absolute Gasteiger partial charge is 0.466 e. The number of thioether (sulfide) groups is 1. The minimum Gasteiger partial charge on any atom is -0.466 e. The van der Waals surface area contributed by atoms with Crippen molar-refractivity contribution in [2.45, 2.75) is 38.8 Å². The van der Waals surface area contributed by atoms with Crippen LogP contribution in [0.25, 0.3) is 0 Å². The van der Waals surface area contributed by atoms with Crippen LogP contribution in [0.3, 0.4) is 0 Å². The van der Waals surface area contributed by atoms with Gasteiger partial charge in [-0.1, -0.05) is 79.3 Å². The lowest BCUT2D eigenvalue weighted by Crippen LogP contribution is -2.38. The van der Waals surface area contributed by atoms with Crippen molar-refractivity contribution < 1.29 is 14.3 Å². The first-order chi connectivity index (χ1) is 16.0. The van der Waals surface area contributed by atoms with Gasteiger partial charge in [-0.3, -0.25) is 4.79 Å². The van der Waals surface area contributed by atoms with E-state index in [1.165, 1.54) is 18.9 Å². The third-order valence-corrected chi connectivity index (χ3v) is 6.65. The molecule has 170 valence electrons. The van der Waals surface area contributed by atoms with E-state index in [2.05, 4.69) is 5.32 Å². The summed E-state index contributed by atoms with van der Waals surface area (Å²) in [6.07, 6.45) is 0.790. The third-order valence-electron chi connectivity index (χ3n) is 5.76. The molecule has 0 saturated heterocycles. The average molecular weight is 462 g/mol. The van der Waals surface area contributed by atoms with Crippen LogP contribution >= 0.6 is 11.8 Å². The van der Waals surface area contributed by atoms with E-state index < -0.39 is 12.0 Å². The molecule has 4 rings (SSSR count). The lowest BCUT2D eigenvalue weighted by Gasteiger charge is -2.36. The van der Waals surface area contributed by atoms with Crippen LogP contribution in [0.4, 0.5) is 0 Å². The van der Waals surface area contributed by atoms with Gasteiger partial charge in [-0.2, -0.15) is 0 Å². The molecule has 0 aliphatic carbocycles. The Morgan fingerprint density at radius 2 is 1.79 bits per heavy atom. The van der Waals surface area contributed by atoms with Crippen LogP contribution in [0.15, 0.2) is 88.0 Å². The van der Waals surface area contributed by atoms with Crippen molar-refractivity contribution in [3.8, 4) is 0 Å². The molecular weight excluding hydrogens is 434 g/mol. The van der Waals surface area contributed by atoms with Gasteiger partial charge >= 0.3 is 5.97 Å². The number of fused-ring (bicyclic) bond motifs is 1. The minimum atomic E-state index is -0.401. The molecule has 2 heterocycles. The summed E-state index contributed by atoms with van der Waals surface area (Å²) in [5.41, 5.74) is 4.03. The highest BCUT2D eigenvalue weighted by atomic mass is 32.2. The van der Waals surface area contributed by atoms with Crippen molar-refractivity contribution >= 4 is 28.8 Å². The summed E-state index contributed by atoms with van der Waals surface area (Å²) in [5, 5.41) is 5.80. The van der Waals surface area contributed by atoms with Gasteiger partial charge in [-0.25, -0.2) is 9.79 Å². The molecule has 0 aromatic heterocycles. The fourth-order valence-corrected chi connectivity index (χ4v) is 5.08. The quantitative estimate of drug-likeness (QED) is 0.582. The van der Waals surface area contributed by atoms with Crippen LogP contribution in [-0.2, 0) is 14.3 Å². The number of rotatable bonds is 7. The van der Waals surface area contributed by atoms with Crippen molar-refractivity contribution in [2.75, 3.05) is 7.11 Å². The number of carbonyl (C=O) groups excluding carboxylic acids is 2. The van der Waals surface area contributed by atoms with Crippen molar-refractivity contribution in [1.82, 2.24) is 10.2 Å². The Hall–Kier alpha value is -3.32. The summed E-state index contributed by atoms with van der Waals surface area (Å²) in [4.78, 5) is 32.6. The summed E-state index contributed by atoms with van der Waals surface area (Å²) < 4.78 is 5.14. The molecule has 2 aromatic carbocycles. The molecule has 2 unspecified atom stereocenters. The normalized spacial score (nSPS) is 18.3. The first-order valence-corrected chi connectivity index (χ1v) is 11.9. The standard InChI is InChI=1S/C26H27N3O3S/c1-4-21-23(25(31)32-3)24(19-13-9-6-10-14-19)29-20(16-33-26(29)28-21)15-22(30)27-17(2)18-11-7-5-8-12-18/h5-14,16-17,24H,4,15H2,1-3H3,(H,27,30). The first kappa shape index (κ1) is 22.9. The number of methoxy groups -OCH3 is 1. The van der Waals surface area contributed by atoms with Gasteiger partial charge in [0.05, 0.1) is 36.9 Å². The van der Waals surface area contributed by atoms with Crippen LogP contribution in [0, 0.1) is 0 Å². The summed E-state index contributed by atoms with van der Waals surface area (Å²) >= 11 is 1.48. The number of allylic oxidation sites excluding steroid dienone is 1. The lowest BCUT2D eigenvalue weighted by molar-refractivity contribution is -0.136. The van der Waals surface area contributed by atoms with Crippen LogP contribution in [0.2, 0.25) is 0 Å². The molecule has 33 heavy (non-hydrogen) atoms. The predicted octanol–water partition coefficient (Wildman–Crippen LogP) is 5.09. The molecule has 2 atom stereocenters. The Balaban J connectivity index is 1.62. The Labute approximate surface area is 198 Å². The molecule has 0 fully saturated rings. The van der Waals surface area contributed by atoms with E-state index in [0.29, 0.717) is 17.7 Å². The molecule has 2 aliphatic heterocycles. The zero-order valence-corrected chi connectivity index (χ0v) is 19.8. The molecule has 2 aliphatic rings. The summed E-state index contributed by atoms with van der Waals surface area (Å²) in [5.74, 6) is -0.488. The molecule has 7 heteroatoms. The number of hydrogen-bond acceptors (Lipinski definition) is 6. The average Bonchev–Trinajstić information content (AvgIpc) is 3.25. The summed E-state index contributed by atoms with van der Waals surface area (Å²) in [7, 11) is 1.39. The molecule has 6 nitrogen and oxygen atoms in total. The van der Waals surface area contributed by atoms with Crippen LogP contribution in [0.5, 0.6) is 0 Å². The van der Waals surface area contributed by atoms with Crippen molar-refractivity contribution in [3.05, 3.63) is 94.2 Å². The highest BCUT2D eigenvalue weighted by Gasteiger charge is 2.41. The van der Waals surface area contributed by atoms with Crippen LogP contribution in [-0.4, -0.2) is 29.1 Å². The van der Waals surface area contributed by atoms with Crippen molar-refractivity contribution in [1.29, 1.82) is 0 Å². The highest BCUT2D eigenvalue weighted by Crippen LogP contribution is 2.45. The highest BCUT2D eigenvalue weighted by molar-refractivity contribution is 8.16. The van der Waals surface area contributed by atoms with E-state index >= 15 is 0 Å². The van der Waals surface area contributed by atoms with Gasteiger partial charge in [0.25, 0.3) is 0 Å². The number of carbonyl (C=O) groups is 2. The lowest BCUT2D eigenvalue weighted by atomic mass is 9.93.